The maximum Gasteiger partial charge on any atom is 0.387 e. The number of nitrogens with zero attached hydrogens (tertiary/aromatic N) is 1. The molecule has 142 valence electrons. The van der Waals surface area contributed by atoms with Gasteiger partial charge in [-0.05, 0) is 49.9 Å². The van der Waals surface area contributed by atoms with Crippen molar-refractivity contribution in [2.75, 3.05) is 26.7 Å². The Hall–Kier alpha value is -1.60. The molecule has 1 aliphatic carbocycles. The van der Waals surface area contributed by atoms with Crippen LogP contribution >= 0.6 is 12.4 Å². The molecule has 1 fully saturated rings. The van der Waals surface area contributed by atoms with Gasteiger partial charge in [-0.1, -0.05) is 6.07 Å². The summed E-state index contributed by atoms with van der Waals surface area (Å²) in [6.45, 7) is 0.755. The lowest BCUT2D eigenvalue weighted by Crippen LogP contribution is -2.35. The van der Waals surface area contributed by atoms with Gasteiger partial charge in [0.15, 0.2) is 11.5 Å². The third-order valence-corrected chi connectivity index (χ3v) is 3.78. The van der Waals surface area contributed by atoms with Crippen molar-refractivity contribution in [1.82, 2.24) is 10.2 Å². The summed E-state index contributed by atoms with van der Waals surface area (Å²) in [5.41, 5.74) is 0.790. The number of alkyl halides is 2. The van der Waals surface area contributed by atoms with Crippen LogP contribution in [-0.2, 0) is 11.3 Å². The first-order valence-corrected chi connectivity index (χ1v) is 8.14. The highest BCUT2D eigenvalue weighted by molar-refractivity contribution is 5.85. The van der Waals surface area contributed by atoms with Crippen LogP contribution in [0.2, 0.25) is 0 Å². The second-order valence-corrected chi connectivity index (χ2v) is 5.92. The van der Waals surface area contributed by atoms with Gasteiger partial charge in [0.05, 0.1) is 13.2 Å². The van der Waals surface area contributed by atoms with E-state index in [4.69, 9.17) is 4.74 Å². The first-order chi connectivity index (χ1) is 11.5. The first kappa shape index (κ1) is 21.4. The minimum Gasteiger partial charge on any atom is -0.490 e. The van der Waals surface area contributed by atoms with Crippen molar-refractivity contribution in [2.45, 2.75) is 32.9 Å². The Morgan fingerprint density at radius 3 is 2.68 bits per heavy atom. The summed E-state index contributed by atoms with van der Waals surface area (Å²) >= 11 is 0. The van der Waals surface area contributed by atoms with Crippen LogP contribution in [-0.4, -0.2) is 44.2 Å². The average Bonchev–Trinajstić information content (AvgIpc) is 3.34. The van der Waals surface area contributed by atoms with E-state index in [0.29, 0.717) is 19.7 Å². The topological polar surface area (TPSA) is 50.8 Å². The smallest absolute Gasteiger partial charge is 0.387 e. The number of ether oxygens (including phenoxy) is 2. The van der Waals surface area contributed by atoms with E-state index in [2.05, 4.69) is 10.1 Å². The molecule has 1 saturated carbocycles. The Morgan fingerprint density at radius 2 is 2.08 bits per heavy atom. The molecule has 0 bridgehead atoms. The zero-order valence-corrected chi connectivity index (χ0v) is 15.3. The molecule has 0 aromatic heterocycles. The Kier molecular flexibility index (Phi) is 8.92. The van der Waals surface area contributed by atoms with Gasteiger partial charge >= 0.3 is 6.61 Å². The average molecular weight is 379 g/mol. The molecular weight excluding hydrogens is 354 g/mol. The van der Waals surface area contributed by atoms with Crippen LogP contribution in [0.1, 0.15) is 25.3 Å². The zero-order chi connectivity index (χ0) is 17.5. The van der Waals surface area contributed by atoms with Crippen molar-refractivity contribution in [3.63, 3.8) is 0 Å². The predicted molar refractivity (Wildman–Crippen MR) is 93.6 cm³/mol. The second kappa shape index (κ2) is 10.4. The minimum absolute atomic E-state index is 0. The van der Waals surface area contributed by atoms with Crippen LogP contribution in [0, 0.1) is 5.92 Å². The highest BCUT2D eigenvalue weighted by atomic mass is 35.5. The Bertz CT molecular complexity index is 557. The Labute approximate surface area is 153 Å². The summed E-state index contributed by atoms with van der Waals surface area (Å²) in [5, 5.41) is 3.16. The fourth-order valence-corrected chi connectivity index (χ4v) is 2.31. The number of rotatable bonds is 10. The van der Waals surface area contributed by atoms with Gasteiger partial charge in [0.2, 0.25) is 5.91 Å². The Balaban J connectivity index is 0.00000312. The third-order valence-electron chi connectivity index (χ3n) is 3.78. The third kappa shape index (κ3) is 7.44. The van der Waals surface area contributed by atoms with Crippen molar-refractivity contribution in [2.24, 2.45) is 5.92 Å². The first-order valence-electron chi connectivity index (χ1n) is 8.14. The van der Waals surface area contributed by atoms with Crippen molar-refractivity contribution in [3.8, 4) is 11.5 Å². The fraction of sp³-hybridized carbons (Fsp3) is 0.588. The largest absolute Gasteiger partial charge is 0.490 e. The zero-order valence-electron chi connectivity index (χ0n) is 14.5. The van der Waals surface area contributed by atoms with Gasteiger partial charge in [0.1, 0.15) is 0 Å². The van der Waals surface area contributed by atoms with Crippen LogP contribution in [0.3, 0.4) is 0 Å². The van der Waals surface area contributed by atoms with Gasteiger partial charge in [0.25, 0.3) is 0 Å². The highest BCUT2D eigenvalue weighted by Gasteiger charge is 2.21. The summed E-state index contributed by atoms with van der Waals surface area (Å²) < 4.78 is 34.6. The molecule has 8 heteroatoms. The van der Waals surface area contributed by atoms with E-state index in [1.54, 1.807) is 31.0 Å². The quantitative estimate of drug-likeness (QED) is 0.680. The molecule has 1 aliphatic rings. The standard InChI is InChI=1S/C17H24F2N2O3.ClH/c1-3-23-15-8-13(6-7-14(15)24-17(18)19)11-21(2)16(22)10-20-9-12-4-5-12;/h6-8,12,17,20H,3-5,9-11H2,1-2H3;1H. The minimum atomic E-state index is -2.91. The number of likely N-dealkylation sites (N-methyl/N-ethyl adjacent to an activating group) is 1. The summed E-state index contributed by atoms with van der Waals surface area (Å²) in [6.07, 6.45) is 2.48. The molecular formula is C17H25ClF2N2O3. The molecule has 0 spiro atoms. The van der Waals surface area contributed by atoms with E-state index in [0.717, 1.165) is 18.0 Å². The molecule has 0 radical (unpaired) electrons. The fourth-order valence-electron chi connectivity index (χ4n) is 2.31. The number of hydrogen-bond donors (Lipinski definition) is 1. The molecule has 2 rings (SSSR count). The van der Waals surface area contributed by atoms with Crippen molar-refractivity contribution < 1.29 is 23.0 Å². The number of nitrogens with one attached hydrogen (secondary N) is 1. The number of halogens is 3. The van der Waals surface area contributed by atoms with Crippen molar-refractivity contribution >= 4 is 18.3 Å². The number of hydrogen-bond acceptors (Lipinski definition) is 4. The van der Waals surface area contributed by atoms with Crippen LogP contribution in [0.15, 0.2) is 18.2 Å². The number of carbonyl (C=O) groups is 1. The number of amides is 1. The van der Waals surface area contributed by atoms with E-state index < -0.39 is 6.61 Å². The normalized spacial score (nSPS) is 13.3. The molecule has 0 aliphatic heterocycles. The van der Waals surface area contributed by atoms with E-state index in [-0.39, 0.29) is 29.8 Å². The second-order valence-electron chi connectivity index (χ2n) is 5.92. The van der Waals surface area contributed by atoms with Crippen LogP contribution in [0.4, 0.5) is 8.78 Å². The van der Waals surface area contributed by atoms with Gasteiger partial charge in [0, 0.05) is 13.6 Å². The molecule has 25 heavy (non-hydrogen) atoms. The predicted octanol–water partition coefficient (Wildman–Crippen LogP) is 3.07. The molecule has 0 heterocycles. The van der Waals surface area contributed by atoms with Crippen LogP contribution in [0.5, 0.6) is 11.5 Å². The molecule has 0 atom stereocenters. The van der Waals surface area contributed by atoms with E-state index >= 15 is 0 Å². The van der Waals surface area contributed by atoms with Gasteiger partial charge in [-0.2, -0.15) is 8.78 Å². The molecule has 0 unspecified atom stereocenters. The molecule has 1 aromatic rings. The maximum atomic E-state index is 12.4. The highest BCUT2D eigenvalue weighted by Crippen LogP contribution is 2.30. The van der Waals surface area contributed by atoms with Crippen LogP contribution in [0.25, 0.3) is 0 Å². The monoisotopic (exact) mass is 378 g/mol. The van der Waals surface area contributed by atoms with Crippen molar-refractivity contribution in [1.29, 1.82) is 0 Å². The Morgan fingerprint density at radius 1 is 1.36 bits per heavy atom. The SMILES string of the molecule is CCOc1cc(CN(C)C(=O)CNCC2CC2)ccc1OC(F)F.Cl. The molecule has 1 aromatic carbocycles. The lowest BCUT2D eigenvalue weighted by atomic mass is 10.2. The van der Waals surface area contributed by atoms with Gasteiger partial charge in [-0.15, -0.1) is 12.4 Å². The van der Waals surface area contributed by atoms with E-state index in [1.165, 1.54) is 18.9 Å². The van der Waals surface area contributed by atoms with E-state index in [1.807, 2.05) is 0 Å². The van der Waals surface area contributed by atoms with Crippen LogP contribution < -0.4 is 14.8 Å². The summed E-state index contributed by atoms with van der Waals surface area (Å²) in [7, 11) is 1.71. The summed E-state index contributed by atoms with van der Waals surface area (Å²) in [5.74, 6) is 0.958. The number of benzene rings is 1. The van der Waals surface area contributed by atoms with Gasteiger partial charge < -0.3 is 19.7 Å². The van der Waals surface area contributed by atoms with Gasteiger partial charge in [-0.25, -0.2) is 0 Å². The number of carbonyl (C=O) groups excluding carboxylic acids is 1. The molecule has 1 amide bonds. The molecule has 1 N–H and O–H groups in total. The van der Waals surface area contributed by atoms with Crippen molar-refractivity contribution in [3.05, 3.63) is 23.8 Å². The summed E-state index contributed by atoms with van der Waals surface area (Å²) in [6, 6.07) is 4.72. The summed E-state index contributed by atoms with van der Waals surface area (Å²) in [4.78, 5) is 13.7. The molecule has 5 nitrogen and oxygen atoms in total. The lowest BCUT2D eigenvalue weighted by molar-refractivity contribution is -0.129. The van der Waals surface area contributed by atoms with Gasteiger partial charge in [-0.3, -0.25) is 4.79 Å². The van der Waals surface area contributed by atoms with E-state index in [9.17, 15) is 13.6 Å². The maximum absolute atomic E-state index is 12.4. The lowest BCUT2D eigenvalue weighted by Gasteiger charge is -2.19. The molecule has 0 saturated heterocycles.